The second-order valence-electron chi connectivity index (χ2n) is 4.17. The fourth-order valence-corrected chi connectivity index (χ4v) is 1.94. The lowest BCUT2D eigenvalue weighted by Gasteiger charge is -2.09. The number of nitrogens with zero attached hydrogens (tertiary/aromatic N) is 3. The fourth-order valence-electron chi connectivity index (χ4n) is 1.94. The molecule has 0 saturated heterocycles. The van der Waals surface area contributed by atoms with Gasteiger partial charge in [0, 0.05) is 18.5 Å². The van der Waals surface area contributed by atoms with Crippen LogP contribution < -0.4 is 9.47 Å². The van der Waals surface area contributed by atoms with Crippen molar-refractivity contribution in [1.82, 2.24) is 19.9 Å². The van der Waals surface area contributed by atoms with Gasteiger partial charge in [-0.2, -0.15) is 0 Å². The molecule has 3 aromatic rings. The van der Waals surface area contributed by atoms with Gasteiger partial charge in [-0.1, -0.05) is 5.92 Å². The number of rotatable bonds is 4. The summed E-state index contributed by atoms with van der Waals surface area (Å²) in [6.45, 7) is 0.164. The molecule has 0 amide bonds. The first kappa shape index (κ1) is 12.9. The number of fused-ring (bicyclic) bond motifs is 1. The van der Waals surface area contributed by atoms with Crippen LogP contribution in [0.15, 0.2) is 30.6 Å². The van der Waals surface area contributed by atoms with Gasteiger partial charge in [0.05, 0.1) is 12.7 Å². The van der Waals surface area contributed by atoms with Crippen molar-refractivity contribution in [2.75, 3.05) is 13.7 Å². The second-order valence-corrected chi connectivity index (χ2v) is 4.17. The summed E-state index contributed by atoms with van der Waals surface area (Å²) in [7, 11) is 1.59. The second kappa shape index (κ2) is 5.51. The van der Waals surface area contributed by atoms with Crippen molar-refractivity contribution in [3.63, 3.8) is 0 Å². The molecule has 21 heavy (non-hydrogen) atoms. The van der Waals surface area contributed by atoms with E-state index in [4.69, 9.17) is 15.9 Å². The maximum atomic E-state index is 5.56. The third-order valence-electron chi connectivity index (χ3n) is 2.89. The minimum absolute atomic E-state index is 0.164. The highest BCUT2D eigenvalue weighted by atomic mass is 16.5. The molecule has 0 saturated carbocycles. The number of hydrogen-bond acceptors (Lipinski definition) is 5. The molecule has 6 heteroatoms. The van der Waals surface area contributed by atoms with Gasteiger partial charge in [0.2, 0.25) is 0 Å². The van der Waals surface area contributed by atoms with Crippen LogP contribution in [-0.2, 0) is 0 Å². The Hall–Kier alpha value is -3.07. The fraction of sp³-hybridized carbons (Fsp3) is 0.133. The Morgan fingerprint density at radius 2 is 2.14 bits per heavy atom. The molecule has 0 radical (unpaired) electrons. The van der Waals surface area contributed by atoms with E-state index in [1.807, 2.05) is 12.1 Å². The van der Waals surface area contributed by atoms with Crippen LogP contribution in [0.3, 0.4) is 0 Å². The average molecular weight is 280 g/mol. The molecule has 0 fully saturated rings. The molecule has 1 aromatic carbocycles. The zero-order valence-electron chi connectivity index (χ0n) is 11.3. The lowest BCUT2D eigenvalue weighted by atomic mass is 10.2. The van der Waals surface area contributed by atoms with Gasteiger partial charge in [-0.3, -0.25) is 0 Å². The van der Waals surface area contributed by atoms with Crippen LogP contribution in [-0.4, -0.2) is 33.7 Å². The molecule has 6 nitrogen and oxygen atoms in total. The average Bonchev–Trinajstić information content (AvgIpc) is 2.96. The highest BCUT2D eigenvalue weighted by Gasteiger charge is 2.13. The lowest BCUT2D eigenvalue weighted by molar-refractivity contribution is 0.364. The maximum Gasteiger partial charge on any atom is 0.197 e. The van der Waals surface area contributed by atoms with E-state index < -0.39 is 0 Å². The summed E-state index contributed by atoms with van der Waals surface area (Å²) in [6, 6.07) is 5.44. The number of ether oxygens (including phenoxy) is 2. The van der Waals surface area contributed by atoms with E-state index in [2.05, 4.69) is 25.9 Å². The van der Waals surface area contributed by atoms with E-state index in [9.17, 15) is 0 Å². The van der Waals surface area contributed by atoms with E-state index in [0.717, 1.165) is 5.56 Å². The summed E-state index contributed by atoms with van der Waals surface area (Å²) in [6.07, 6.45) is 8.45. The number of imidazole rings is 1. The Morgan fingerprint density at radius 3 is 2.90 bits per heavy atom. The summed E-state index contributed by atoms with van der Waals surface area (Å²) >= 11 is 0. The van der Waals surface area contributed by atoms with Gasteiger partial charge in [-0.25, -0.2) is 15.0 Å². The van der Waals surface area contributed by atoms with E-state index in [-0.39, 0.29) is 6.61 Å². The van der Waals surface area contributed by atoms with E-state index in [1.165, 1.54) is 0 Å². The van der Waals surface area contributed by atoms with Crippen LogP contribution >= 0.6 is 0 Å². The van der Waals surface area contributed by atoms with Crippen molar-refractivity contribution < 1.29 is 9.47 Å². The zero-order chi connectivity index (χ0) is 14.7. The predicted octanol–water partition coefficient (Wildman–Crippen LogP) is 2.04. The highest BCUT2D eigenvalue weighted by molar-refractivity contribution is 5.75. The Balaban J connectivity index is 2.09. The summed E-state index contributed by atoms with van der Waals surface area (Å²) in [5.74, 6) is 4.33. The first-order valence-electron chi connectivity index (χ1n) is 6.23. The molecule has 0 aliphatic heterocycles. The molecule has 104 valence electrons. The molecule has 0 unspecified atom stereocenters. The lowest BCUT2D eigenvalue weighted by Crippen LogP contribution is -1.97. The number of H-pyrrole nitrogens is 1. The Bertz CT molecular complexity index is 787. The van der Waals surface area contributed by atoms with E-state index in [1.54, 1.807) is 25.6 Å². The number of hydrogen-bond donors (Lipinski definition) is 1. The smallest absolute Gasteiger partial charge is 0.197 e. The number of aromatic amines is 1. The summed E-state index contributed by atoms with van der Waals surface area (Å²) in [4.78, 5) is 15.8. The van der Waals surface area contributed by atoms with Crippen molar-refractivity contribution in [2.24, 2.45) is 0 Å². The van der Waals surface area contributed by atoms with Crippen molar-refractivity contribution >= 4 is 11.3 Å². The normalized spacial score (nSPS) is 10.3. The molecule has 0 atom stereocenters. The van der Waals surface area contributed by atoms with Crippen molar-refractivity contribution in [2.45, 2.75) is 0 Å². The van der Waals surface area contributed by atoms with Crippen LogP contribution in [0.4, 0.5) is 0 Å². The number of terminal acetylenes is 1. The largest absolute Gasteiger partial charge is 0.497 e. The molecular formula is C15H12N4O2. The Morgan fingerprint density at radius 1 is 1.29 bits per heavy atom. The van der Waals surface area contributed by atoms with Crippen molar-refractivity contribution in [3.8, 4) is 35.2 Å². The first-order chi connectivity index (χ1) is 10.3. The minimum atomic E-state index is 0.164. The van der Waals surface area contributed by atoms with Gasteiger partial charge in [0.15, 0.2) is 11.3 Å². The SMILES string of the molecule is C#CCOc1cc(OC)ccc1-c1nc2nccnc2[nH]1. The molecule has 0 aliphatic rings. The number of methoxy groups -OCH3 is 1. The molecular weight excluding hydrogens is 268 g/mol. The zero-order valence-corrected chi connectivity index (χ0v) is 11.3. The van der Waals surface area contributed by atoms with E-state index in [0.29, 0.717) is 28.6 Å². The molecule has 2 aromatic heterocycles. The first-order valence-corrected chi connectivity index (χ1v) is 6.23. The molecule has 1 N–H and O–H groups in total. The summed E-state index contributed by atoms with van der Waals surface area (Å²) < 4.78 is 10.8. The molecule has 3 rings (SSSR count). The third-order valence-corrected chi connectivity index (χ3v) is 2.89. The van der Waals surface area contributed by atoms with Crippen LogP contribution in [0.1, 0.15) is 0 Å². The standard InChI is InChI=1S/C15H12N4O2/c1-3-8-21-12-9-10(20-2)4-5-11(12)13-18-14-15(19-13)17-7-6-16-14/h1,4-7,9H,8H2,2H3,(H,16,17,18,19). The van der Waals surface area contributed by atoms with E-state index >= 15 is 0 Å². The maximum absolute atomic E-state index is 5.56. The van der Waals surface area contributed by atoms with Crippen LogP contribution in [0, 0.1) is 12.3 Å². The molecule has 0 aliphatic carbocycles. The summed E-state index contributed by atoms with van der Waals surface area (Å²) in [5, 5.41) is 0. The Kier molecular flexibility index (Phi) is 3.39. The summed E-state index contributed by atoms with van der Waals surface area (Å²) in [5.41, 5.74) is 1.93. The third kappa shape index (κ3) is 2.49. The minimum Gasteiger partial charge on any atom is -0.497 e. The molecule has 0 spiro atoms. The van der Waals surface area contributed by atoms with Crippen LogP contribution in [0.25, 0.3) is 22.7 Å². The topological polar surface area (TPSA) is 72.9 Å². The quantitative estimate of drug-likeness (QED) is 0.740. The molecule has 0 bridgehead atoms. The van der Waals surface area contributed by atoms with Crippen LogP contribution in [0.5, 0.6) is 11.5 Å². The number of benzene rings is 1. The highest BCUT2D eigenvalue weighted by Crippen LogP contribution is 2.32. The monoisotopic (exact) mass is 280 g/mol. The van der Waals surface area contributed by atoms with Crippen molar-refractivity contribution in [3.05, 3.63) is 30.6 Å². The number of aromatic nitrogens is 4. The van der Waals surface area contributed by atoms with Gasteiger partial charge < -0.3 is 14.5 Å². The predicted molar refractivity (Wildman–Crippen MR) is 78.0 cm³/mol. The van der Waals surface area contributed by atoms with Gasteiger partial charge >= 0.3 is 0 Å². The molecule has 2 heterocycles. The van der Waals surface area contributed by atoms with Gasteiger partial charge in [0.1, 0.15) is 23.9 Å². The van der Waals surface area contributed by atoms with Crippen molar-refractivity contribution in [1.29, 1.82) is 0 Å². The van der Waals surface area contributed by atoms with Gasteiger partial charge in [0.25, 0.3) is 0 Å². The Labute approximate surface area is 121 Å². The number of nitrogens with one attached hydrogen (secondary N) is 1. The van der Waals surface area contributed by atoms with Crippen LogP contribution in [0.2, 0.25) is 0 Å². The van der Waals surface area contributed by atoms with Gasteiger partial charge in [-0.15, -0.1) is 6.42 Å². The van der Waals surface area contributed by atoms with Gasteiger partial charge in [-0.05, 0) is 12.1 Å².